The third kappa shape index (κ3) is 8.71. The highest BCUT2D eigenvalue weighted by molar-refractivity contribution is 5.78. The zero-order valence-corrected chi connectivity index (χ0v) is 14.8. The Hall–Kier alpha value is -0.650. The highest BCUT2D eigenvalue weighted by Gasteiger charge is 2.24. The Morgan fingerprint density at radius 3 is 2.27 bits per heavy atom. The van der Waals surface area contributed by atoms with Gasteiger partial charge in [0.25, 0.3) is 0 Å². The van der Waals surface area contributed by atoms with Crippen molar-refractivity contribution in [2.75, 3.05) is 39.4 Å². The Morgan fingerprint density at radius 1 is 1.09 bits per heavy atom. The van der Waals surface area contributed by atoms with E-state index >= 15 is 0 Å². The number of carbonyl (C=O) groups is 1. The molecule has 0 aromatic heterocycles. The second-order valence-corrected chi connectivity index (χ2v) is 6.60. The Morgan fingerprint density at radius 2 is 1.68 bits per heavy atom. The van der Waals surface area contributed by atoms with Crippen LogP contribution < -0.4 is 5.32 Å². The lowest BCUT2D eigenvalue weighted by Crippen LogP contribution is -2.42. The van der Waals surface area contributed by atoms with Gasteiger partial charge in [0.05, 0.1) is 18.8 Å². The summed E-state index contributed by atoms with van der Waals surface area (Å²) >= 11 is 0. The van der Waals surface area contributed by atoms with Crippen LogP contribution in [-0.2, 0) is 14.3 Å². The van der Waals surface area contributed by atoms with Gasteiger partial charge < -0.3 is 19.7 Å². The van der Waals surface area contributed by atoms with Crippen molar-refractivity contribution in [3.8, 4) is 0 Å². The van der Waals surface area contributed by atoms with Gasteiger partial charge in [-0.1, -0.05) is 0 Å². The maximum absolute atomic E-state index is 12.1. The van der Waals surface area contributed by atoms with E-state index < -0.39 is 0 Å². The molecule has 0 spiro atoms. The number of piperidine rings is 1. The lowest BCUT2D eigenvalue weighted by Gasteiger charge is -2.31. The number of rotatable bonds is 10. The molecule has 5 nitrogen and oxygen atoms in total. The molecule has 1 aliphatic heterocycles. The first-order valence-electron chi connectivity index (χ1n) is 8.72. The summed E-state index contributed by atoms with van der Waals surface area (Å²) in [6, 6.07) is 0. The number of hydrogen-bond donors (Lipinski definition) is 1. The Balaban J connectivity index is 2.07. The van der Waals surface area contributed by atoms with Gasteiger partial charge >= 0.3 is 0 Å². The van der Waals surface area contributed by atoms with Crippen molar-refractivity contribution >= 4 is 5.91 Å². The van der Waals surface area contributed by atoms with Gasteiger partial charge in [-0.25, -0.2) is 0 Å². The molecule has 0 aromatic carbocycles. The first-order valence-corrected chi connectivity index (χ1v) is 8.72. The predicted molar refractivity (Wildman–Crippen MR) is 89.0 cm³/mol. The highest BCUT2D eigenvalue weighted by Crippen LogP contribution is 2.17. The van der Waals surface area contributed by atoms with E-state index in [-0.39, 0.29) is 17.9 Å². The minimum absolute atomic E-state index is 0.174. The van der Waals surface area contributed by atoms with Gasteiger partial charge in [0.1, 0.15) is 0 Å². The molecule has 1 aliphatic rings. The number of carbonyl (C=O) groups excluding carboxylic acids is 1. The molecular weight excluding hydrogens is 280 g/mol. The van der Waals surface area contributed by atoms with E-state index in [0.717, 1.165) is 45.5 Å². The molecule has 1 rings (SSSR count). The van der Waals surface area contributed by atoms with Crippen LogP contribution in [0.25, 0.3) is 0 Å². The number of nitrogens with one attached hydrogen (secondary N) is 1. The lowest BCUT2D eigenvalue weighted by molar-refractivity contribution is -0.126. The van der Waals surface area contributed by atoms with Gasteiger partial charge in [-0.05, 0) is 60.0 Å². The van der Waals surface area contributed by atoms with Crippen LogP contribution in [0, 0.1) is 5.92 Å². The SMILES string of the molecule is CC(C)OCCCNC(=O)C1CCN(CCOC(C)C)CC1. The molecule has 1 N–H and O–H groups in total. The van der Waals surface area contributed by atoms with Gasteiger partial charge in [-0.3, -0.25) is 4.79 Å². The molecule has 130 valence electrons. The van der Waals surface area contributed by atoms with Crippen LogP contribution in [0.4, 0.5) is 0 Å². The Kier molecular flexibility index (Phi) is 9.68. The smallest absolute Gasteiger partial charge is 0.223 e. The molecule has 0 aliphatic carbocycles. The average molecular weight is 314 g/mol. The number of hydrogen-bond acceptors (Lipinski definition) is 4. The van der Waals surface area contributed by atoms with Crippen molar-refractivity contribution in [3.05, 3.63) is 0 Å². The van der Waals surface area contributed by atoms with Crippen LogP contribution in [0.1, 0.15) is 47.0 Å². The molecule has 22 heavy (non-hydrogen) atoms. The first-order chi connectivity index (χ1) is 10.5. The zero-order chi connectivity index (χ0) is 16.4. The van der Waals surface area contributed by atoms with Crippen molar-refractivity contribution in [2.45, 2.75) is 59.2 Å². The van der Waals surface area contributed by atoms with Crippen LogP contribution in [0.2, 0.25) is 0 Å². The predicted octanol–water partition coefficient (Wildman–Crippen LogP) is 2.05. The third-order valence-electron chi connectivity index (χ3n) is 3.89. The number of likely N-dealkylation sites (tertiary alicyclic amines) is 1. The summed E-state index contributed by atoms with van der Waals surface area (Å²) in [5.41, 5.74) is 0. The third-order valence-corrected chi connectivity index (χ3v) is 3.89. The van der Waals surface area contributed by atoms with Crippen LogP contribution in [0.5, 0.6) is 0 Å². The fourth-order valence-corrected chi connectivity index (χ4v) is 2.58. The summed E-state index contributed by atoms with van der Waals surface area (Å²) in [6.07, 6.45) is 3.35. The standard InChI is InChI=1S/C17H34N2O3/c1-14(2)21-12-5-8-18-17(20)16-6-9-19(10-7-16)11-13-22-15(3)4/h14-16H,5-13H2,1-4H3,(H,18,20). The van der Waals surface area contributed by atoms with E-state index in [1.807, 2.05) is 13.8 Å². The highest BCUT2D eigenvalue weighted by atomic mass is 16.5. The summed E-state index contributed by atoms with van der Waals surface area (Å²) in [5, 5.41) is 3.04. The minimum atomic E-state index is 0.174. The van der Waals surface area contributed by atoms with Crippen LogP contribution in [-0.4, -0.2) is 62.4 Å². The lowest BCUT2D eigenvalue weighted by atomic mass is 9.96. The van der Waals surface area contributed by atoms with E-state index in [4.69, 9.17) is 9.47 Å². The maximum Gasteiger partial charge on any atom is 0.223 e. The summed E-state index contributed by atoms with van der Waals surface area (Å²) in [4.78, 5) is 14.5. The first kappa shape index (κ1) is 19.4. The van der Waals surface area contributed by atoms with Gasteiger partial charge in [-0.2, -0.15) is 0 Å². The Bertz CT molecular complexity index is 300. The maximum atomic E-state index is 12.1. The molecule has 0 bridgehead atoms. The van der Waals surface area contributed by atoms with Crippen molar-refractivity contribution in [3.63, 3.8) is 0 Å². The number of ether oxygens (including phenoxy) is 2. The second-order valence-electron chi connectivity index (χ2n) is 6.60. The van der Waals surface area contributed by atoms with Crippen molar-refractivity contribution in [1.29, 1.82) is 0 Å². The molecule has 0 aromatic rings. The van der Waals surface area contributed by atoms with E-state index in [1.54, 1.807) is 0 Å². The molecule has 1 heterocycles. The average Bonchev–Trinajstić information content (AvgIpc) is 2.46. The number of amides is 1. The molecule has 0 atom stereocenters. The summed E-state index contributed by atoms with van der Waals surface area (Å²) in [5.74, 6) is 0.385. The zero-order valence-electron chi connectivity index (χ0n) is 14.8. The second kappa shape index (κ2) is 11.0. The molecular formula is C17H34N2O3. The quantitative estimate of drug-likeness (QED) is 0.627. The van der Waals surface area contributed by atoms with Crippen molar-refractivity contribution in [2.24, 2.45) is 5.92 Å². The normalized spacial score (nSPS) is 17.4. The van der Waals surface area contributed by atoms with E-state index in [9.17, 15) is 4.79 Å². The fraction of sp³-hybridized carbons (Fsp3) is 0.941. The van der Waals surface area contributed by atoms with Gasteiger partial charge in [0, 0.05) is 25.6 Å². The topological polar surface area (TPSA) is 50.8 Å². The fourth-order valence-electron chi connectivity index (χ4n) is 2.58. The van der Waals surface area contributed by atoms with Gasteiger partial charge in [0.2, 0.25) is 5.91 Å². The van der Waals surface area contributed by atoms with Crippen LogP contribution >= 0.6 is 0 Å². The molecule has 5 heteroatoms. The molecule has 0 unspecified atom stereocenters. The molecule has 0 saturated carbocycles. The molecule has 1 saturated heterocycles. The van der Waals surface area contributed by atoms with Gasteiger partial charge in [0.15, 0.2) is 0 Å². The van der Waals surface area contributed by atoms with Crippen LogP contribution in [0.15, 0.2) is 0 Å². The van der Waals surface area contributed by atoms with Crippen molar-refractivity contribution in [1.82, 2.24) is 10.2 Å². The van der Waals surface area contributed by atoms with Crippen LogP contribution in [0.3, 0.4) is 0 Å². The summed E-state index contributed by atoms with van der Waals surface area (Å²) < 4.78 is 11.0. The molecule has 0 radical (unpaired) electrons. The van der Waals surface area contributed by atoms with Gasteiger partial charge in [-0.15, -0.1) is 0 Å². The summed E-state index contributed by atoms with van der Waals surface area (Å²) in [6.45, 7) is 13.3. The van der Waals surface area contributed by atoms with E-state index in [1.165, 1.54) is 0 Å². The number of nitrogens with zero attached hydrogens (tertiary/aromatic N) is 1. The summed E-state index contributed by atoms with van der Waals surface area (Å²) in [7, 11) is 0. The monoisotopic (exact) mass is 314 g/mol. The Labute approximate surface area is 135 Å². The van der Waals surface area contributed by atoms with E-state index in [0.29, 0.717) is 19.3 Å². The van der Waals surface area contributed by atoms with Crippen molar-refractivity contribution < 1.29 is 14.3 Å². The largest absolute Gasteiger partial charge is 0.379 e. The molecule has 1 fully saturated rings. The minimum Gasteiger partial charge on any atom is -0.379 e. The van der Waals surface area contributed by atoms with E-state index in [2.05, 4.69) is 24.1 Å². The molecule has 1 amide bonds.